The van der Waals surface area contributed by atoms with E-state index < -0.39 is 30.4 Å². The second kappa shape index (κ2) is 8.02. The van der Waals surface area contributed by atoms with E-state index in [4.69, 9.17) is 0 Å². The summed E-state index contributed by atoms with van der Waals surface area (Å²) in [4.78, 5) is -0.415. The van der Waals surface area contributed by atoms with Gasteiger partial charge >= 0.3 is 23.4 Å². The normalized spacial score (nSPS) is 12.4. The molecule has 9 heteroatoms. The smallest absolute Gasteiger partial charge is 0.743 e. The van der Waals surface area contributed by atoms with Crippen molar-refractivity contribution < 1.29 is 44.8 Å². The van der Waals surface area contributed by atoms with Crippen LogP contribution in [0.25, 0.3) is 0 Å². The quantitative estimate of drug-likeness (QED) is 0.538. The van der Waals surface area contributed by atoms with Gasteiger partial charge in [0.05, 0.1) is 0 Å². The van der Waals surface area contributed by atoms with E-state index in [0.29, 0.717) is 0 Å². The van der Waals surface area contributed by atoms with Crippen LogP contribution in [0.2, 0.25) is 0 Å². The van der Waals surface area contributed by atoms with Crippen LogP contribution in [0.1, 0.15) is 14.9 Å². The third-order valence-corrected chi connectivity index (χ3v) is 4.24. The average molecular weight is 294 g/mol. The van der Waals surface area contributed by atoms with Crippen molar-refractivity contribution in [2.45, 2.75) is 24.3 Å². The SMILES string of the molecule is C.C.O=S(c1ccccc1)C(F)(F)S(=O)(=O)[O-].[Li+]. The molecule has 0 radical (unpaired) electrons. The Labute approximate surface area is 120 Å². The number of halogens is 2. The maximum Gasteiger partial charge on any atom is 1.00 e. The Morgan fingerprint density at radius 3 is 1.83 bits per heavy atom. The van der Waals surface area contributed by atoms with Gasteiger partial charge in [-0.1, -0.05) is 33.1 Å². The first-order valence-electron chi connectivity index (χ1n) is 3.57. The molecule has 0 aliphatic heterocycles. The van der Waals surface area contributed by atoms with Gasteiger partial charge in [0.2, 0.25) is 0 Å². The topological polar surface area (TPSA) is 74.3 Å². The molecule has 1 aromatic carbocycles. The van der Waals surface area contributed by atoms with Gasteiger partial charge in [0.25, 0.3) is 0 Å². The summed E-state index contributed by atoms with van der Waals surface area (Å²) in [6.45, 7) is 0. The third kappa shape index (κ3) is 4.78. The zero-order valence-electron chi connectivity index (χ0n) is 8.09. The molecular formula is C9H13F2LiO4S2. The molecule has 1 rings (SSSR count). The minimum Gasteiger partial charge on any atom is -0.743 e. The predicted molar refractivity (Wildman–Crippen MR) is 61.0 cm³/mol. The number of hydrogen-bond acceptors (Lipinski definition) is 4. The number of rotatable bonds is 3. The molecule has 1 aromatic rings. The summed E-state index contributed by atoms with van der Waals surface area (Å²) in [5.74, 6) is 0. The van der Waals surface area contributed by atoms with E-state index in [2.05, 4.69) is 0 Å². The molecule has 0 heterocycles. The molecule has 0 saturated heterocycles. The molecule has 0 spiro atoms. The zero-order chi connectivity index (χ0) is 11.7. The minimum atomic E-state index is -5.93. The minimum absolute atomic E-state index is 0. The molecule has 4 nitrogen and oxygen atoms in total. The monoisotopic (exact) mass is 294 g/mol. The van der Waals surface area contributed by atoms with Crippen molar-refractivity contribution in [1.82, 2.24) is 0 Å². The van der Waals surface area contributed by atoms with E-state index in [1.165, 1.54) is 18.2 Å². The van der Waals surface area contributed by atoms with Crippen molar-refractivity contribution >= 4 is 20.9 Å². The molecule has 0 saturated carbocycles. The third-order valence-electron chi connectivity index (χ3n) is 1.46. The van der Waals surface area contributed by atoms with Crippen molar-refractivity contribution in [3.05, 3.63) is 30.3 Å². The molecule has 0 bridgehead atoms. The fraction of sp³-hybridized carbons (Fsp3) is 0.333. The van der Waals surface area contributed by atoms with Gasteiger partial charge in [-0.15, -0.1) is 0 Å². The predicted octanol–water partition coefficient (Wildman–Crippen LogP) is -0.834. The van der Waals surface area contributed by atoms with E-state index in [0.717, 1.165) is 12.1 Å². The van der Waals surface area contributed by atoms with Gasteiger partial charge in [-0.25, -0.2) is 12.6 Å². The summed E-state index contributed by atoms with van der Waals surface area (Å²) < 4.78 is 62.4. The van der Waals surface area contributed by atoms with Crippen LogP contribution in [0, 0.1) is 0 Å². The Morgan fingerprint density at radius 2 is 1.50 bits per heavy atom. The Bertz CT molecular complexity index is 477. The first-order valence-corrected chi connectivity index (χ1v) is 6.13. The van der Waals surface area contributed by atoms with Crippen LogP contribution in [-0.4, -0.2) is 21.8 Å². The van der Waals surface area contributed by atoms with Crippen LogP contribution in [0.15, 0.2) is 35.2 Å². The van der Waals surface area contributed by atoms with Gasteiger partial charge in [-0.3, -0.25) is 0 Å². The number of alkyl halides is 2. The van der Waals surface area contributed by atoms with Gasteiger partial charge in [0.1, 0.15) is 10.8 Å². The summed E-state index contributed by atoms with van der Waals surface area (Å²) >= 11 is 0. The second-order valence-corrected chi connectivity index (χ2v) is 5.70. The van der Waals surface area contributed by atoms with Crippen molar-refractivity contribution in [3.8, 4) is 0 Å². The van der Waals surface area contributed by atoms with Gasteiger partial charge in [-0.05, 0) is 12.1 Å². The van der Waals surface area contributed by atoms with Crippen molar-refractivity contribution in [1.29, 1.82) is 0 Å². The Balaban J connectivity index is -0.000000750. The molecule has 0 aliphatic rings. The van der Waals surface area contributed by atoms with Crippen LogP contribution in [0.3, 0.4) is 0 Å². The molecule has 1 unspecified atom stereocenters. The molecule has 0 N–H and O–H groups in total. The summed E-state index contributed by atoms with van der Waals surface area (Å²) in [5, 5.41) is 0. The van der Waals surface area contributed by atoms with Gasteiger partial charge < -0.3 is 4.55 Å². The summed E-state index contributed by atoms with van der Waals surface area (Å²) in [7, 11) is -9.13. The van der Waals surface area contributed by atoms with Crippen LogP contribution in [0.4, 0.5) is 8.78 Å². The molecule has 18 heavy (non-hydrogen) atoms. The van der Waals surface area contributed by atoms with Crippen LogP contribution >= 0.6 is 0 Å². The Hall–Kier alpha value is -0.263. The largest absolute Gasteiger partial charge is 1.00 e. The molecule has 0 aliphatic carbocycles. The fourth-order valence-electron chi connectivity index (χ4n) is 0.774. The van der Waals surface area contributed by atoms with Crippen LogP contribution in [-0.2, 0) is 20.9 Å². The maximum absolute atomic E-state index is 12.8. The first-order chi connectivity index (χ1) is 6.77. The first kappa shape index (κ1) is 22.9. The molecule has 1 atom stereocenters. The van der Waals surface area contributed by atoms with Crippen molar-refractivity contribution in [3.63, 3.8) is 0 Å². The van der Waals surface area contributed by atoms with Gasteiger partial charge in [0, 0.05) is 4.90 Å². The zero-order valence-corrected chi connectivity index (χ0v) is 9.73. The van der Waals surface area contributed by atoms with E-state index in [1.54, 1.807) is 0 Å². The maximum atomic E-state index is 12.8. The van der Waals surface area contributed by atoms with Crippen molar-refractivity contribution in [2.24, 2.45) is 0 Å². The van der Waals surface area contributed by atoms with Gasteiger partial charge in [-0.2, -0.15) is 8.78 Å². The van der Waals surface area contributed by atoms with Gasteiger partial charge in [0.15, 0.2) is 10.1 Å². The van der Waals surface area contributed by atoms with E-state index in [1.807, 2.05) is 0 Å². The van der Waals surface area contributed by atoms with Crippen LogP contribution in [0.5, 0.6) is 0 Å². The second-order valence-electron chi connectivity index (χ2n) is 2.50. The summed E-state index contributed by atoms with van der Waals surface area (Å²) in [6.07, 6.45) is 0. The molecule has 0 aromatic heterocycles. The van der Waals surface area contributed by atoms with Crippen molar-refractivity contribution in [2.75, 3.05) is 0 Å². The summed E-state index contributed by atoms with van der Waals surface area (Å²) in [6, 6.07) is 6.19. The molecule has 0 fully saturated rings. The Kier molecular flexibility index (Phi) is 10.2. The number of hydrogen-bond donors (Lipinski definition) is 0. The average Bonchev–Trinajstić information content (AvgIpc) is 2.16. The van der Waals surface area contributed by atoms with Crippen LogP contribution < -0.4 is 18.9 Å². The fourth-order valence-corrected chi connectivity index (χ4v) is 2.48. The summed E-state index contributed by atoms with van der Waals surface area (Å²) in [5.41, 5.74) is 0. The number of benzene rings is 1. The molecule has 0 amide bonds. The van der Waals surface area contributed by atoms with E-state index in [9.17, 15) is 26.0 Å². The van der Waals surface area contributed by atoms with E-state index >= 15 is 0 Å². The Morgan fingerprint density at radius 1 is 1.11 bits per heavy atom. The van der Waals surface area contributed by atoms with E-state index in [-0.39, 0.29) is 33.7 Å². The standard InChI is InChI=1S/C7H6F2O4S2.2CH4.Li/c8-7(9,15(11,12)13)14(10)6-4-2-1-3-5-6;;;/h1-5H,(H,11,12,13);2*1H4;/q;;;+1/p-1. The molecular weight excluding hydrogens is 281 g/mol. The molecule has 100 valence electrons.